The Hall–Kier alpha value is -0.130. The normalized spacial score (nSPS) is 31.4. The van der Waals surface area contributed by atoms with Gasteiger partial charge in [0.1, 0.15) is 0 Å². The van der Waals surface area contributed by atoms with E-state index in [0.717, 1.165) is 6.42 Å². The first-order valence-electron chi connectivity index (χ1n) is 3.79. The van der Waals surface area contributed by atoms with Crippen molar-refractivity contribution >= 4 is 14.0 Å². The highest BCUT2D eigenvalue weighted by atomic mass is 31.1. The van der Waals surface area contributed by atoms with Crippen LogP contribution in [0.4, 0.5) is 0 Å². The van der Waals surface area contributed by atoms with Gasteiger partial charge in [-0.1, -0.05) is 40.1 Å². The Bertz CT molecular complexity index is 149. The van der Waals surface area contributed by atoms with Crippen LogP contribution in [0.2, 0.25) is 0 Å². The lowest BCUT2D eigenvalue weighted by atomic mass is 10.1. The van der Waals surface area contributed by atoms with Gasteiger partial charge in [-0.15, -0.1) is 0 Å². The van der Waals surface area contributed by atoms with Crippen LogP contribution in [-0.4, -0.2) is 11.1 Å². The quantitative estimate of drug-likeness (QED) is 0.621. The molecule has 1 unspecified atom stereocenters. The van der Waals surface area contributed by atoms with Gasteiger partial charge in [-0.3, -0.25) is 0 Å². The third kappa shape index (κ3) is 1.93. The highest BCUT2D eigenvalue weighted by Crippen LogP contribution is 2.28. The number of unbranched alkanes of at least 4 members (excludes halogenated alkanes) is 1. The van der Waals surface area contributed by atoms with E-state index < -0.39 is 0 Å². The molecule has 0 radical (unpaired) electrons. The van der Waals surface area contributed by atoms with Crippen LogP contribution in [-0.2, 0) is 0 Å². The van der Waals surface area contributed by atoms with Crippen LogP contribution >= 0.6 is 8.20 Å². The number of hydrogen-bond acceptors (Lipinski definition) is 1. The van der Waals surface area contributed by atoms with E-state index in [4.69, 9.17) is 5.73 Å². The van der Waals surface area contributed by atoms with E-state index in [0.29, 0.717) is 0 Å². The zero-order valence-corrected chi connectivity index (χ0v) is 7.27. The van der Waals surface area contributed by atoms with E-state index in [1.165, 1.54) is 21.0 Å². The summed E-state index contributed by atoms with van der Waals surface area (Å²) in [6, 6.07) is 0. The zero-order valence-electron chi connectivity index (χ0n) is 6.38. The van der Waals surface area contributed by atoms with Gasteiger partial charge < -0.3 is 5.73 Å². The Morgan fingerprint density at radius 1 is 1.60 bits per heavy atom. The predicted molar refractivity (Wildman–Crippen MR) is 48.6 cm³/mol. The van der Waals surface area contributed by atoms with E-state index in [1.807, 2.05) is 0 Å². The second-order valence-electron chi connectivity index (χ2n) is 2.73. The van der Waals surface area contributed by atoms with Gasteiger partial charge in [0.25, 0.3) is 0 Å². The summed E-state index contributed by atoms with van der Waals surface area (Å²) >= 11 is 0. The summed E-state index contributed by atoms with van der Waals surface area (Å²) in [5.41, 5.74) is 6.01. The van der Waals surface area contributed by atoms with Crippen LogP contribution in [0.25, 0.3) is 0 Å². The van der Waals surface area contributed by atoms with Crippen molar-refractivity contribution in [2.45, 2.75) is 31.5 Å². The van der Waals surface area contributed by atoms with E-state index in [-0.39, 0.29) is 5.28 Å². The van der Waals surface area contributed by atoms with Crippen LogP contribution < -0.4 is 5.73 Å². The molecule has 1 rings (SSSR count). The summed E-state index contributed by atoms with van der Waals surface area (Å²) in [4.78, 5) is 0. The Morgan fingerprint density at radius 3 is 2.90 bits per heavy atom. The molecule has 10 heavy (non-hydrogen) atoms. The molecule has 56 valence electrons. The lowest BCUT2D eigenvalue weighted by Crippen LogP contribution is -2.29. The SMILES string of the molecule is CCCCC1(N)C=CC=P1. The summed E-state index contributed by atoms with van der Waals surface area (Å²) in [6.07, 6.45) is 7.78. The predicted octanol–water partition coefficient (Wildman–Crippen LogP) is 2.15. The van der Waals surface area contributed by atoms with Gasteiger partial charge in [0.15, 0.2) is 0 Å². The van der Waals surface area contributed by atoms with E-state index in [1.54, 1.807) is 0 Å². The minimum atomic E-state index is -0.0178. The van der Waals surface area contributed by atoms with Crippen molar-refractivity contribution in [1.82, 2.24) is 0 Å². The maximum atomic E-state index is 6.01. The van der Waals surface area contributed by atoms with Gasteiger partial charge in [-0.05, 0) is 12.2 Å². The summed E-state index contributed by atoms with van der Waals surface area (Å²) in [7, 11) is 1.27. The minimum absolute atomic E-state index is 0.0178. The fraction of sp³-hybridized carbons (Fsp3) is 0.625. The van der Waals surface area contributed by atoms with Crippen molar-refractivity contribution < 1.29 is 0 Å². The molecule has 1 atom stereocenters. The van der Waals surface area contributed by atoms with E-state index in [2.05, 4.69) is 24.9 Å². The summed E-state index contributed by atoms with van der Waals surface area (Å²) in [5, 5.41) is -0.0178. The summed E-state index contributed by atoms with van der Waals surface area (Å²) in [6.45, 7) is 2.20. The minimum Gasteiger partial charge on any atom is -0.315 e. The lowest BCUT2D eigenvalue weighted by molar-refractivity contribution is 0.617. The fourth-order valence-electron chi connectivity index (χ4n) is 1.04. The van der Waals surface area contributed by atoms with Crippen molar-refractivity contribution in [3.63, 3.8) is 0 Å². The van der Waals surface area contributed by atoms with Gasteiger partial charge in [-0.2, -0.15) is 0 Å². The third-order valence-corrected chi connectivity index (χ3v) is 2.89. The molecule has 1 nitrogen and oxygen atoms in total. The number of allylic oxidation sites excluding steroid dienone is 1. The highest BCUT2D eigenvalue weighted by Gasteiger charge is 2.19. The zero-order chi connectivity index (χ0) is 7.45. The molecule has 1 aliphatic rings. The largest absolute Gasteiger partial charge is 0.315 e. The van der Waals surface area contributed by atoms with Crippen LogP contribution in [0.3, 0.4) is 0 Å². The molecule has 0 bridgehead atoms. The first-order valence-corrected chi connectivity index (χ1v) is 4.75. The molecular weight excluding hydrogens is 141 g/mol. The molecular formula is C8H14NP. The van der Waals surface area contributed by atoms with E-state index >= 15 is 0 Å². The summed E-state index contributed by atoms with van der Waals surface area (Å²) < 4.78 is 0. The molecule has 0 spiro atoms. The van der Waals surface area contributed by atoms with Gasteiger partial charge in [0.05, 0.1) is 5.28 Å². The third-order valence-electron chi connectivity index (χ3n) is 1.72. The van der Waals surface area contributed by atoms with Crippen molar-refractivity contribution in [2.24, 2.45) is 5.73 Å². The second kappa shape index (κ2) is 3.32. The maximum absolute atomic E-state index is 6.01. The number of rotatable bonds is 3. The molecule has 0 saturated carbocycles. The molecule has 2 N–H and O–H groups in total. The Morgan fingerprint density at radius 2 is 2.40 bits per heavy atom. The van der Waals surface area contributed by atoms with Crippen molar-refractivity contribution in [3.8, 4) is 0 Å². The second-order valence-corrected chi connectivity index (χ2v) is 4.12. The van der Waals surface area contributed by atoms with Crippen LogP contribution in [0, 0.1) is 0 Å². The monoisotopic (exact) mass is 155 g/mol. The van der Waals surface area contributed by atoms with Gasteiger partial charge >= 0.3 is 0 Å². The van der Waals surface area contributed by atoms with Crippen molar-refractivity contribution in [2.75, 3.05) is 0 Å². The maximum Gasteiger partial charge on any atom is 0.0767 e. The molecule has 2 heteroatoms. The fourth-order valence-corrected chi connectivity index (χ4v) is 1.95. The Balaban J connectivity index is 2.38. The Kier molecular flexibility index (Phi) is 2.64. The summed E-state index contributed by atoms with van der Waals surface area (Å²) in [5.74, 6) is 2.12. The first-order chi connectivity index (χ1) is 4.77. The van der Waals surface area contributed by atoms with Crippen molar-refractivity contribution in [3.05, 3.63) is 12.2 Å². The number of hydrogen-bond donors (Lipinski definition) is 1. The van der Waals surface area contributed by atoms with E-state index in [9.17, 15) is 0 Å². The molecule has 1 aliphatic heterocycles. The molecule has 0 aromatic rings. The number of nitrogens with two attached hydrogens (primary N) is 1. The standard InChI is InChI=1S/C8H14NP/c1-2-3-5-8(9)6-4-7-10-8/h4,6-7H,2-3,5,9H2,1H3. The van der Waals surface area contributed by atoms with Crippen LogP contribution in [0.1, 0.15) is 26.2 Å². The molecule has 0 aromatic carbocycles. The smallest absolute Gasteiger partial charge is 0.0767 e. The Labute approximate surface area is 64.1 Å². The van der Waals surface area contributed by atoms with Gasteiger partial charge in [-0.25, -0.2) is 0 Å². The van der Waals surface area contributed by atoms with Gasteiger partial charge in [0, 0.05) is 0 Å². The van der Waals surface area contributed by atoms with Crippen LogP contribution in [0.5, 0.6) is 0 Å². The first kappa shape index (κ1) is 7.97. The molecule has 0 saturated heterocycles. The topological polar surface area (TPSA) is 26.0 Å². The lowest BCUT2D eigenvalue weighted by Gasteiger charge is -2.17. The van der Waals surface area contributed by atoms with Gasteiger partial charge in [0.2, 0.25) is 0 Å². The molecule has 0 fully saturated rings. The molecule has 1 heterocycles. The average molecular weight is 155 g/mol. The van der Waals surface area contributed by atoms with Crippen molar-refractivity contribution in [1.29, 1.82) is 0 Å². The van der Waals surface area contributed by atoms with Crippen LogP contribution in [0.15, 0.2) is 12.2 Å². The highest BCUT2D eigenvalue weighted by molar-refractivity contribution is 7.41. The molecule has 0 amide bonds. The average Bonchev–Trinajstić information content (AvgIpc) is 2.33. The molecule has 0 aromatic heterocycles. The molecule has 0 aliphatic carbocycles.